The third-order valence-electron chi connectivity index (χ3n) is 6.28. The van der Waals surface area contributed by atoms with Crippen LogP contribution in [0.2, 0.25) is 0 Å². The Labute approximate surface area is 178 Å². The van der Waals surface area contributed by atoms with Crippen molar-refractivity contribution >= 4 is 22.3 Å². The van der Waals surface area contributed by atoms with Crippen LogP contribution in [0, 0.1) is 5.92 Å². The van der Waals surface area contributed by atoms with Crippen LogP contribution in [0.4, 0.5) is 13.2 Å². The predicted octanol–water partition coefficient (Wildman–Crippen LogP) is 5.67. The number of aromatic nitrogens is 1. The molecule has 6 heteroatoms. The normalized spacial score (nSPS) is 21.1. The second-order valence-corrected chi connectivity index (χ2v) is 8.24. The monoisotopic (exact) mass is 422 g/mol. The van der Waals surface area contributed by atoms with Gasteiger partial charge in [0.1, 0.15) is 0 Å². The van der Waals surface area contributed by atoms with Crippen LogP contribution < -0.4 is 0 Å². The molecule has 3 aromatic rings. The van der Waals surface area contributed by atoms with Crippen molar-refractivity contribution in [3.63, 3.8) is 0 Å². The van der Waals surface area contributed by atoms with E-state index in [2.05, 4.69) is 17.1 Å². The zero-order valence-electron chi connectivity index (χ0n) is 16.8. The van der Waals surface area contributed by atoms with Crippen LogP contribution in [-0.2, 0) is 11.0 Å². The molecule has 1 fully saturated rings. The highest BCUT2D eigenvalue weighted by molar-refractivity contribution is 5.93. The number of carbonyl (C=O) groups excluding carboxylic acids is 1. The molecule has 0 bridgehead atoms. The molecule has 0 radical (unpaired) electrons. The Morgan fingerprint density at radius 1 is 1.06 bits per heavy atom. The summed E-state index contributed by atoms with van der Waals surface area (Å²) in [7, 11) is 0. The Balaban J connectivity index is 1.28. The van der Waals surface area contributed by atoms with E-state index in [1.54, 1.807) is 6.07 Å². The summed E-state index contributed by atoms with van der Waals surface area (Å²) in [5.41, 5.74) is 2.22. The lowest BCUT2D eigenvalue weighted by atomic mass is 9.96. The van der Waals surface area contributed by atoms with Gasteiger partial charge in [-0.05, 0) is 41.3 Å². The molecule has 0 spiro atoms. The van der Waals surface area contributed by atoms with Crippen molar-refractivity contribution in [3.05, 3.63) is 83.7 Å². The summed E-state index contributed by atoms with van der Waals surface area (Å²) in [6.07, 6.45) is 2.78. The molecule has 2 aromatic carbocycles. The van der Waals surface area contributed by atoms with Gasteiger partial charge in [-0.3, -0.25) is 9.78 Å². The summed E-state index contributed by atoms with van der Waals surface area (Å²) in [5, 5.41) is 2.23. The van der Waals surface area contributed by atoms with E-state index in [-0.39, 0.29) is 17.7 Å². The van der Waals surface area contributed by atoms with Gasteiger partial charge in [-0.2, -0.15) is 13.2 Å². The molecule has 2 aliphatic rings. The number of fused-ring (bicyclic) bond motifs is 1. The summed E-state index contributed by atoms with van der Waals surface area (Å²) in [4.78, 5) is 19.1. The molecule has 1 aromatic heterocycles. The lowest BCUT2D eigenvalue weighted by Gasteiger charge is -2.27. The molecule has 158 valence electrons. The minimum atomic E-state index is -4.37. The number of benzene rings is 2. The molecule has 0 N–H and O–H groups in total. The van der Waals surface area contributed by atoms with E-state index in [1.165, 1.54) is 17.7 Å². The first-order valence-corrected chi connectivity index (χ1v) is 10.4. The molecule has 0 unspecified atom stereocenters. The molecule has 0 saturated heterocycles. The van der Waals surface area contributed by atoms with Gasteiger partial charge in [0.15, 0.2) is 0 Å². The molecule has 5 rings (SSSR count). The number of alkyl halides is 3. The number of carbonyl (C=O) groups is 1. The largest absolute Gasteiger partial charge is 0.416 e. The number of hydrogen-bond donors (Lipinski definition) is 0. The van der Waals surface area contributed by atoms with Crippen LogP contribution in [0.25, 0.3) is 16.3 Å². The molecular formula is C25H21F3N2O. The molecule has 1 saturated carbocycles. The minimum absolute atomic E-state index is 0.0359. The predicted molar refractivity (Wildman–Crippen MR) is 113 cm³/mol. The zero-order valence-corrected chi connectivity index (χ0v) is 16.8. The maximum absolute atomic E-state index is 13.0. The van der Waals surface area contributed by atoms with E-state index >= 15 is 0 Å². The number of nitrogens with zero attached hydrogens (tertiary/aromatic N) is 2. The summed E-state index contributed by atoms with van der Waals surface area (Å²) < 4.78 is 39.0. The van der Waals surface area contributed by atoms with Crippen molar-refractivity contribution in [1.82, 2.24) is 9.88 Å². The fraction of sp³-hybridized carbons (Fsp3) is 0.280. The van der Waals surface area contributed by atoms with Gasteiger partial charge in [0.2, 0.25) is 5.91 Å². The van der Waals surface area contributed by atoms with Gasteiger partial charge in [0.05, 0.1) is 5.56 Å². The van der Waals surface area contributed by atoms with Crippen LogP contribution >= 0.6 is 0 Å². The van der Waals surface area contributed by atoms with E-state index in [9.17, 15) is 18.0 Å². The van der Waals surface area contributed by atoms with E-state index in [0.717, 1.165) is 28.8 Å². The average molecular weight is 422 g/mol. The SMILES string of the molecule is O=C([C@@H]1C[C@@H]1c1cccc(C(F)(F)F)c1)N1CC=C(c2cncc3ccccc23)CC1. The Kier molecular flexibility index (Phi) is 4.80. The smallest absolute Gasteiger partial charge is 0.338 e. The van der Waals surface area contributed by atoms with E-state index in [4.69, 9.17) is 0 Å². The topological polar surface area (TPSA) is 33.2 Å². The Bertz CT molecular complexity index is 1180. The van der Waals surface area contributed by atoms with Crippen molar-refractivity contribution < 1.29 is 18.0 Å². The first-order valence-electron chi connectivity index (χ1n) is 10.4. The first kappa shape index (κ1) is 19.8. The maximum Gasteiger partial charge on any atom is 0.416 e. The Morgan fingerprint density at radius 2 is 1.90 bits per heavy atom. The first-order chi connectivity index (χ1) is 14.9. The summed E-state index contributed by atoms with van der Waals surface area (Å²) in [5.74, 6) is -0.311. The third kappa shape index (κ3) is 3.82. The second kappa shape index (κ2) is 7.52. The zero-order chi connectivity index (χ0) is 21.6. The summed E-state index contributed by atoms with van der Waals surface area (Å²) in [6, 6.07) is 13.5. The Hall–Kier alpha value is -3.15. The highest BCUT2D eigenvalue weighted by Gasteiger charge is 2.46. The van der Waals surface area contributed by atoms with Gasteiger partial charge in [-0.15, -0.1) is 0 Å². The molecule has 3 nitrogen and oxygen atoms in total. The van der Waals surface area contributed by atoms with Crippen molar-refractivity contribution in [1.29, 1.82) is 0 Å². The molecule has 31 heavy (non-hydrogen) atoms. The van der Waals surface area contributed by atoms with Crippen LogP contribution in [0.1, 0.15) is 35.4 Å². The summed E-state index contributed by atoms with van der Waals surface area (Å²) in [6.45, 7) is 1.13. The van der Waals surface area contributed by atoms with E-state index in [0.29, 0.717) is 25.1 Å². The van der Waals surface area contributed by atoms with Gasteiger partial charge in [-0.25, -0.2) is 0 Å². The van der Waals surface area contributed by atoms with Crippen LogP contribution in [0.5, 0.6) is 0 Å². The highest BCUT2D eigenvalue weighted by Crippen LogP contribution is 2.49. The highest BCUT2D eigenvalue weighted by atomic mass is 19.4. The molecule has 2 heterocycles. The van der Waals surface area contributed by atoms with E-state index in [1.807, 2.05) is 35.5 Å². The van der Waals surface area contributed by atoms with Gasteiger partial charge >= 0.3 is 6.18 Å². The number of halogens is 3. The van der Waals surface area contributed by atoms with Crippen LogP contribution in [0.15, 0.2) is 67.0 Å². The second-order valence-electron chi connectivity index (χ2n) is 8.24. The molecule has 1 aliphatic heterocycles. The van der Waals surface area contributed by atoms with Crippen molar-refractivity contribution in [3.8, 4) is 0 Å². The molecule has 2 atom stereocenters. The number of rotatable bonds is 3. The molecule has 1 aliphatic carbocycles. The summed E-state index contributed by atoms with van der Waals surface area (Å²) >= 11 is 0. The standard InChI is InChI=1S/C25H21F3N2O/c26-25(27,28)19-6-3-5-17(12-19)21-13-22(21)24(31)30-10-8-16(9-11-30)23-15-29-14-18-4-1-2-7-20(18)23/h1-8,12,14-15,21-22H,9-11,13H2/t21-,22-/m1/s1. The van der Waals surface area contributed by atoms with Crippen molar-refractivity contribution in [2.45, 2.75) is 24.9 Å². The fourth-order valence-corrected chi connectivity index (χ4v) is 4.50. The van der Waals surface area contributed by atoms with Crippen molar-refractivity contribution in [2.24, 2.45) is 5.92 Å². The quantitative estimate of drug-likeness (QED) is 0.545. The lowest BCUT2D eigenvalue weighted by Crippen LogP contribution is -2.36. The van der Waals surface area contributed by atoms with Gasteiger partial charge in [0.25, 0.3) is 0 Å². The van der Waals surface area contributed by atoms with Crippen LogP contribution in [0.3, 0.4) is 0 Å². The van der Waals surface area contributed by atoms with E-state index < -0.39 is 11.7 Å². The van der Waals surface area contributed by atoms with Crippen LogP contribution in [-0.4, -0.2) is 28.9 Å². The van der Waals surface area contributed by atoms with Crippen molar-refractivity contribution in [2.75, 3.05) is 13.1 Å². The van der Waals surface area contributed by atoms with Gasteiger partial charge in [-0.1, -0.05) is 48.5 Å². The number of amides is 1. The maximum atomic E-state index is 13.0. The molecule has 1 amide bonds. The van der Waals surface area contributed by atoms with Gasteiger partial charge < -0.3 is 4.90 Å². The number of pyridine rings is 1. The third-order valence-corrected chi connectivity index (χ3v) is 6.28. The minimum Gasteiger partial charge on any atom is -0.338 e. The number of hydrogen-bond acceptors (Lipinski definition) is 2. The van der Waals surface area contributed by atoms with Gasteiger partial charge in [0, 0.05) is 42.4 Å². The lowest BCUT2D eigenvalue weighted by molar-refractivity contribution is -0.137. The fourth-order valence-electron chi connectivity index (χ4n) is 4.50. The Morgan fingerprint density at radius 3 is 2.68 bits per heavy atom. The molecular weight excluding hydrogens is 401 g/mol. The average Bonchev–Trinajstić information content (AvgIpc) is 3.59.